The Bertz CT molecular complexity index is 841. The fourth-order valence-corrected chi connectivity index (χ4v) is 3.27. The molecule has 0 fully saturated rings. The fourth-order valence-electron chi connectivity index (χ4n) is 3.27. The van der Waals surface area contributed by atoms with E-state index in [4.69, 9.17) is 0 Å². The van der Waals surface area contributed by atoms with Crippen molar-refractivity contribution in [1.82, 2.24) is 19.8 Å². The zero-order valence-corrected chi connectivity index (χ0v) is 16.2. The summed E-state index contributed by atoms with van der Waals surface area (Å²) in [4.78, 5) is 31.9. The van der Waals surface area contributed by atoms with E-state index in [2.05, 4.69) is 15.6 Å². The average Bonchev–Trinajstić information content (AvgIpc) is 3.03. The average molecular weight is 369 g/mol. The van der Waals surface area contributed by atoms with Gasteiger partial charge in [0.2, 0.25) is 0 Å². The number of fused-ring (bicyclic) bond motifs is 1. The normalized spacial score (nSPS) is 13.3. The minimum absolute atomic E-state index is 0.211. The summed E-state index contributed by atoms with van der Waals surface area (Å²) in [6.45, 7) is 3.95. The minimum Gasteiger partial charge on any atom is -0.349 e. The van der Waals surface area contributed by atoms with E-state index in [9.17, 15) is 9.59 Å². The molecule has 0 atom stereocenters. The molecule has 27 heavy (non-hydrogen) atoms. The lowest BCUT2D eigenvalue weighted by Crippen LogP contribution is -2.32. The number of likely N-dealkylation sites (N-methyl/N-ethyl adjacent to an activating group) is 1. The molecule has 2 N–H and O–H groups in total. The molecule has 1 aromatic heterocycles. The van der Waals surface area contributed by atoms with Gasteiger partial charge in [0.05, 0.1) is 5.69 Å². The Morgan fingerprint density at radius 1 is 1.19 bits per heavy atom. The molecule has 7 heteroatoms. The first-order valence-electron chi connectivity index (χ1n) is 9.36. The monoisotopic (exact) mass is 369 g/mol. The lowest BCUT2D eigenvalue weighted by Gasteiger charge is -2.17. The molecule has 2 amide bonds. The van der Waals surface area contributed by atoms with Crippen LogP contribution in [0.4, 0.5) is 5.69 Å². The van der Waals surface area contributed by atoms with Crippen molar-refractivity contribution in [2.24, 2.45) is 0 Å². The van der Waals surface area contributed by atoms with E-state index in [1.807, 2.05) is 54.8 Å². The molecule has 2 heterocycles. The Hall–Kier alpha value is -2.67. The molecule has 0 unspecified atom stereocenters. The minimum atomic E-state index is -0.278. The lowest BCUT2D eigenvalue weighted by molar-refractivity contribution is 0.0945. The summed E-state index contributed by atoms with van der Waals surface area (Å²) in [6, 6.07) is 7.62. The summed E-state index contributed by atoms with van der Waals surface area (Å²) in [7, 11) is 3.91. The lowest BCUT2D eigenvalue weighted by atomic mass is 10.1. The summed E-state index contributed by atoms with van der Waals surface area (Å²) >= 11 is 0. The van der Waals surface area contributed by atoms with E-state index >= 15 is 0 Å². The number of imidazole rings is 1. The molecule has 1 aliphatic rings. The highest BCUT2D eigenvalue weighted by Crippen LogP contribution is 2.22. The molecule has 144 valence electrons. The Balaban J connectivity index is 1.83. The van der Waals surface area contributed by atoms with Crippen molar-refractivity contribution in [2.45, 2.75) is 32.7 Å². The third kappa shape index (κ3) is 4.36. The van der Waals surface area contributed by atoms with Crippen LogP contribution in [-0.4, -0.2) is 53.5 Å². The third-order valence-electron chi connectivity index (χ3n) is 4.77. The standard InChI is InChI=1S/C20H27N5O2/c1-14-8-4-5-9-15(14)22-20(27)18-23-17(16-10-6-7-12-25(16)18)19(26)21-11-13-24(2)3/h4-5,8-9H,6-7,10-13H2,1-3H3,(H,21,26)(H,22,27). The Labute approximate surface area is 159 Å². The first-order valence-corrected chi connectivity index (χ1v) is 9.36. The molecule has 0 saturated heterocycles. The molecule has 7 nitrogen and oxygen atoms in total. The first kappa shape index (κ1) is 19.1. The van der Waals surface area contributed by atoms with E-state index in [0.717, 1.165) is 42.8 Å². The van der Waals surface area contributed by atoms with Gasteiger partial charge in [-0.25, -0.2) is 4.98 Å². The molecule has 0 radical (unpaired) electrons. The van der Waals surface area contributed by atoms with E-state index in [0.29, 0.717) is 24.6 Å². The van der Waals surface area contributed by atoms with Crippen LogP contribution in [-0.2, 0) is 13.0 Å². The fraction of sp³-hybridized carbons (Fsp3) is 0.450. The smallest absolute Gasteiger partial charge is 0.291 e. The molecule has 2 aromatic rings. The van der Waals surface area contributed by atoms with Gasteiger partial charge in [0.1, 0.15) is 5.69 Å². The van der Waals surface area contributed by atoms with Crippen LogP contribution in [0.15, 0.2) is 24.3 Å². The summed E-state index contributed by atoms with van der Waals surface area (Å²) in [5.41, 5.74) is 2.98. The number of carbonyl (C=O) groups excluding carboxylic acids is 2. The van der Waals surface area contributed by atoms with E-state index in [-0.39, 0.29) is 11.8 Å². The molecule has 1 aromatic carbocycles. The predicted octanol–water partition coefficient (Wildman–Crippen LogP) is 2.07. The van der Waals surface area contributed by atoms with Crippen LogP contribution < -0.4 is 10.6 Å². The first-order chi connectivity index (χ1) is 13.0. The number of benzene rings is 1. The second-order valence-corrected chi connectivity index (χ2v) is 7.17. The predicted molar refractivity (Wildman–Crippen MR) is 105 cm³/mol. The maximum atomic E-state index is 12.8. The second-order valence-electron chi connectivity index (χ2n) is 7.17. The number of hydrogen-bond acceptors (Lipinski definition) is 4. The van der Waals surface area contributed by atoms with Crippen molar-refractivity contribution in [1.29, 1.82) is 0 Å². The van der Waals surface area contributed by atoms with Crippen molar-refractivity contribution in [3.05, 3.63) is 47.0 Å². The van der Waals surface area contributed by atoms with E-state index < -0.39 is 0 Å². The summed E-state index contributed by atoms with van der Waals surface area (Å²) in [6.07, 6.45) is 2.75. The number of para-hydroxylation sites is 1. The van der Waals surface area contributed by atoms with E-state index in [1.54, 1.807) is 0 Å². The van der Waals surface area contributed by atoms with Gasteiger partial charge < -0.3 is 20.1 Å². The van der Waals surface area contributed by atoms with Gasteiger partial charge in [0.15, 0.2) is 5.82 Å². The number of aromatic nitrogens is 2. The number of aryl methyl sites for hydroxylation is 1. The highest BCUT2D eigenvalue weighted by atomic mass is 16.2. The van der Waals surface area contributed by atoms with Crippen LogP contribution >= 0.6 is 0 Å². The highest BCUT2D eigenvalue weighted by Gasteiger charge is 2.27. The number of nitrogens with zero attached hydrogens (tertiary/aromatic N) is 3. The summed E-state index contributed by atoms with van der Waals surface area (Å²) in [5, 5.41) is 5.83. The Kier molecular flexibility index (Phi) is 5.91. The van der Waals surface area contributed by atoms with Gasteiger partial charge in [-0.05, 0) is 51.9 Å². The molecular weight excluding hydrogens is 342 g/mol. The second kappa shape index (κ2) is 8.35. The molecule has 0 aliphatic carbocycles. The van der Waals surface area contributed by atoms with Crippen LogP contribution in [0, 0.1) is 6.92 Å². The zero-order valence-electron chi connectivity index (χ0n) is 16.2. The molecule has 3 rings (SSSR count). The highest BCUT2D eigenvalue weighted by molar-refractivity contribution is 6.04. The Morgan fingerprint density at radius 3 is 2.70 bits per heavy atom. The number of amides is 2. The summed E-state index contributed by atoms with van der Waals surface area (Å²) < 4.78 is 1.90. The molecule has 0 saturated carbocycles. The number of carbonyl (C=O) groups is 2. The van der Waals surface area contributed by atoms with Crippen LogP contribution in [0.5, 0.6) is 0 Å². The van der Waals surface area contributed by atoms with Gasteiger partial charge in [0.25, 0.3) is 11.8 Å². The van der Waals surface area contributed by atoms with Gasteiger partial charge in [0, 0.05) is 25.3 Å². The molecule has 0 bridgehead atoms. The molecule has 1 aliphatic heterocycles. The van der Waals surface area contributed by atoms with Crippen LogP contribution in [0.3, 0.4) is 0 Å². The summed E-state index contributed by atoms with van der Waals surface area (Å²) in [5.74, 6) is -0.178. The number of anilines is 1. The van der Waals surface area contributed by atoms with Crippen LogP contribution in [0.1, 0.15) is 45.2 Å². The molecular formula is C20H27N5O2. The third-order valence-corrected chi connectivity index (χ3v) is 4.77. The largest absolute Gasteiger partial charge is 0.349 e. The van der Waals surface area contributed by atoms with E-state index in [1.165, 1.54) is 0 Å². The van der Waals surface area contributed by atoms with Gasteiger partial charge in [-0.1, -0.05) is 18.2 Å². The van der Waals surface area contributed by atoms with Gasteiger partial charge in [-0.2, -0.15) is 0 Å². The van der Waals surface area contributed by atoms with Crippen molar-refractivity contribution in [3.8, 4) is 0 Å². The number of hydrogen-bond donors (Lipinski definition) is 2. The van der Waals surface area contributed by atoms with Gasteiger partial charge in [-0.15, -0.1) is 0 Å². The SMILES string of the molecule is Cc1ccccc1NC(=O)c1nc(C(=O)NCCN(C)C)c2n1CCCC2. The molecule has 0 spiro atoms. The van der Waals surface area contributed by atoms with Gasteiger partial charge >= 0.3 is 0 Å². The maximum Gasteiger partial charge on any atom is 0.291 e. The van der Waals surface area contributed by atoms with Gasteiger partial charge in [-0.3, -0.25) is 9.59 Å². The number of rotatable bonds is 6. The quantitative estimate of drug-likeness (QED) is 0.817. The van der Waals surface area contributed by atoms with Crippen LogP contribution in [0.25, 0.3) is 0 Å². The van der Waals surface area contributed by atoms with Crippen molar-refractivity contribution < 1.29 is 9.59 Å². The topological polar surface area (TPSA) is 79.3 Å². The van der Waals surface area contributed by atoms with Crippen molar-refractivity contribution in [3.63, 3.8) is 0 Å². The number of nitrogens with one attached hydrogen (secondary N) is 2. The van der Waals surface area contributed by atoms with Crippen LogP contribution in [0.2, 0.25) is 0 Å². The maximum absolute atomic E-state index is 12.8. The van der Waals surface area contributed by atoms with Crippen molar-refractivity contribution >= 4 is 17.5 Å². The van der Waals surface area contributed by atoms with Crippen molar-refractivity contribution in [2.75, 3.05) is 32.5 Å². The Morgan fingerprint density at radius 2 is 1.96 bits per heavy atom. The zero-order chi connectivity index (χ0) is 19.4.